The second-order valence-electron chi connectivity index (χ2n) is 4.45. The Labute approximate surface area is 172 Å². The topological polar surface area (TPSA) is 17.1 Å². The van der Waals surface area contributed by atoms with Crippen LogP contribution in [0.15, 0.2) is 33.2 Å². The van der Waals surface area contributed by atoms with Crippen molar-refractivity contribution in [2.75, 3.05) is 0 Å². The van der Waals surface area contributed by atoms with Gasteiger partial charge >= 0.3 is 0 Å². The molecule has 0 spiro atoms. The largest absolute Gasteiger partial charge is 0.288 e. The highest BCUT2D eigenvalue weighted by Crippen LogP contribution is 2.34. The summed E-state index contributed by atoms with van der Waals surface area (Å²) in [4.78, 5) is 12.9. The molecule has 2 aromatic carbocycles. The molecule has 7 heteroatoms. The van der Waals surface area contributed by atoms with Crippen molar-refractivity contribution in [3.8, 4) is 0 Å². The minimum absolute atomic E-state index is 0.206. The summed E-state index contributed by atoms with van der Waals surface area (Å²) in [6.07, 6.45) is 0. The highest BCUT2D eigenvalue weighted by Gasteiger charge is 2.20. The van der Waals surface area contributed by atoms with Gasteiger partial charge in [-0.1, -0.05) is 86.9 Å². The highest BCUT2D eigenvalue weighted by molar-refractivity contribution is 9.11. The Bertz CT molecular complexity index is 685. The summed E-state index contributed by atoms with van der Waals surface area (Å²) in [7, 11) is 0. The normalized spacial score (nSPS) is 10.8. The predicted molar refractivity (Wildman–Crippen MR) is 107 cm³/mol. The molecule has 0 N–H and O–H groups in total. The van der Waals surface area contributed by atoms with Gasteiger partial charge in [-0.25, -0.2) is 0 Å². The lowest BCUT2D eigenvalue weighted by Crippen LogP contribution is -2.06. The molecular formula is C15H8Br4Cl2O. The summed E-state index contributed by atoms with van der Waals surface area (Å²) in [6.45, 7) is 0. The quantitative estimate of drug-likeness (QED) is 0.264. The Hall–Kier alpha value is 0.610. The van der Waals surface area contributed by atoms with Crippen LogP contribution in [0.3, 0.4) is 0 Å². The van der Waals surface area contributed by atoms with Gasteiger partial charge < -0.3 is 0 Å². The fourth-order valence-electron chi connectivity index (χ4n) is 1.96. The lowest BCUT2D eigenvalue weighted by atomic mass is 10.00. The molecule has 2 rings (SSSR count). The summed E-state index contributed by atoms with van der Waals surface area (Å²) in [5.74, 6) is -0.206. The van der Waals surface area contributed by atoms with E-state index in [9.17, 15) is 4.79 Å². The molecule has 0 aliphatic rings. The van der Waals surface area contributed by atoms with E-state index in [4.69, 9.17) is 23.2 Å². The maximum absolute atomic E-state index is 12.9. The Morgan fingerprint density at radius 1 is 0.818 bits per heavy atom. The van der Waals surface area contributed by atoms with Crippen LogP contribution in [-0.2, 0) is 10.7 Å². The molecule has 0 atom stereocenters. The van der Waals surface area contributed by atoms with Crippen LogP contribution in [0.25, 0.3) is 0 Å². The Morgan fingerprint density at radius 2 is 1.18 bits per heavy atom. The first-order valence-electron chi connectivity index (χ1n) is 6.01. The van der Waals surface area contributed by atoms with Crippen molar-refractivity contribution in [3.63, 3.8) is 0 Å². The van der Waals surface area contributed by atoms with E-state index in [-0.39, 0.29) is 5.78 Å². The first-order valence-corrected chi connectivity index (χ1v) is 10.6. The van der Waals surface area contributed by atoms with Gasteiger partial charge in [0.2, 0.25) is 0 Å². The molecule has 0 aliphatic carbocycles. The average molecular weight is 595 g/mol. The van der Waals surface area contributed by atoms with Crippen LogP contribution in [0, 0.1) is 0 Å². The third kappa shape index (κ3) is 3.98. The van der Waals surface area contributed by atoms with E-state index in [2.05, 4.69) is 63.7 Å². The van der Waals surface area contributed by atoms with E-state index in [0.29, 0.717) is 31.8 Å². The third-order valence-electron chi connectivity index (χ3n) is 3.00. The van der Waals surface area contributed by atoms with Gasteiger partial charge in [-0.05, 0) is 35.4 Å². The molecule has 116 valence electrons. The Morgan fingerprint density at radius 3 is 1.50 bits per heavy atom. The number of hydrogen-bond donors (Lipinski definition) is 0. The van der Waals surface area contributed by atoms with Crippen molar-refractivity contribution in [3.05, 3.63) is 65.5 Å². The number of halogens is 6. The molecule has 0 aromatic heterocycles. The zero-order chi connectivity index (χ0) is 16.4. The number of carbonyl (C=O) groups excluding carboxylic acids is 1. The minimum Gasteiger partial charge on any atom is -0.288 e. The maximum atomic E-state index is 12.9. The molecule has 0 saturated carbocycles. The molecule has 0 fully saturated rings. The van der Waals surface area contributed by atoms with Gasteiger partial charge in [-0.3, -0.25) is 4.79 Å². The maximum Gasteiger partial charge on any atom is 0.196 e. The van der Waals surface area contributed by atoms with Gasteiger partial charge in [-0.15, -0.1) is 0 Å². The molecule has 0 unspecified atom stereocenters. The monoisotopic (exact) mass is 590 g/mol. The number of hydrogen-bond acceptors (Lipinski definition) is 1. The number of rotatable bonds is 4. The van der Waals surface area contributed by atoms with Gasteiger partial charge in [0, 0.05) is 30.7 Å². The minimum atomic E-state index is -0.206. The van der Waals surface area contributed by atoms with E-state index in [0.717, 1.165) is 20.1 Å². The van der Waals surface area contributed by atoms with Crippen LogP contribution in [0.5, 0.6) is 0 Å². The fourth-order valence-corrected chi connectivity index (χ4v) is 4.70. The molecule has 0 aliphatic heterocycles. The number of benzene rings is 2. The molecule has 22 heavy (non-hydrogen) atoms. The standard InChI is InChI=1S/C15H8Br4Cl2O/c16-5-7-1-9(18)3-11(13(7)20)15(22)12-4-10(19)2-8(6-17)14(12)21/h1-4H,5-6H2. The smallest absolute Gasteiger partial charge is 0.196 e. The van der Waals surface area contributed by atoms with E-state index in [1.54, 1.807) is 12.1 Å². The van der Waals surface area contributed by atoms with Crippen molar-refractivity contribution in [1.82, 2.24) is 0 Å². The molecule has 0 bridgehead atoms. The van der Waals surface area contributed by atoms with Crippen molar-refractivity contribution in [2.45, 2.75) is 10.7 Å². The van der Waals surface area contributed by atoms with Gasteiger partial charge in [0.1, 0.15) is 0 Å². The summed E-state index contributed by atoms with van der Waals surface area (Å²) in [5.41, 5.74) is 2.52. The predicted octanol–water partition coefficient (Wildman–Crippen LogP) is 7.54. The number of carbonyl (C=O) groups is 1. The third-order valence-corrected chi connectivity index (χ3v) is 6.02. The average Bonchev–Trinajstić information content (AvgIpc) is 2.50. The van der Waals surface area contributed by atoms with Gasteiger partial charge in [0.05, 0.1) is 10.0 Å². The SMILES string of the molecule is O=C(c1cc(Br)cc(CBr)c1Cl)c1cc(Br)cc(CBr)c1Cl. The Balaban J connectivity index is 2.63. The fraction of sp³-hybridized carbons (Fsp3) is 0.133. The van der Waals surface area contributed by atoms with Crippen LogP contribution in [0.2, 0.25) is 10.0 Å². The Kier molecular flexibility index (Phi) is 7.00. The molecule has 1 nitrogen and oxygen atoms in total. The summed E-state index contributed by atoms with van der Waals surface area (Å²) >= 11 is 26.3. The van der Waals surface area contributed by atoms with Crippen LogP contribution in [-0.4, -0.2) is 5.78 Å². The first kappa shape index (κ1) is 18.9. The summed E-state index contributed by atoms with van der Waals surface area (Å²) < 4.78 is 1.59. The molecule has 0 saturated heterocycles. The molecule has 2 aromatic rings. The molecular weight excluding hydrogens is 587 g/mol. The van der Waals surface area contributed by atoms with Crippen molar-refractivity contribution in [2.24, 2.45) is 0 Å². The van der Waals surface area contributed by atoms with E-state index in [1.807, 2.05) is 12.1 Å². The van der Waals surface area contributed by atoms with Crippen LogP contribution >= 0.6 is 86.9 Å². The molecule has 0 amide bonds. The molecule has 0 radical (unpaired) electrons. The summed E-state index contributed by atoms with van der Waals surface area (Å²) in [5, 5.41) is 1.98. The second kappa shape index (κ2) is 8.13. The van der Waals surface area contributed by atoms with Gasteiger partial charge in [0.25, 0.3) is 0 Å². The van der Waals surface area contributed by atoms with E-state index < -0.39 is 0 Å². The zero-order valence-corrected chi connectivity index (χ0v) is 18.8. The zero-order valence-electron chi connectivity index (χ0n) is 10.9. The number of ketones is 1. The van der Waals surface area contributed by atoms with E-state index in [1.165, 1.54) is 0 Å². The van der Waals surface area contributed by atoms with Gasteiger partial charge in [-0.2, -0.15) is 0 Å². The van der Waals surface area contributed by atoms with Gasteiger partial charge in [0.15, 0.2) is 5.78 Å². The second-order valence-corrected chi connectivity index (χ2v) is 8.16. The number of alkyl halides is 2. The molecule has 0 heterocycles. The van der Waals surface area contributed by atoms with Crippen LogP contribution in [0.1, 0.15) is 27.0 Å². The lowest BCUT2D eigenvalue weighted by molar-refractivity contribution is 0.103. The highest BCUT2D eigenvalue weighted by atomic mass is 79.9. The van der Waals surface area contributed by atoms with Crippen LogP contribution < -0.4 is 0 Å². The van der Waals surface area contributed by atoms with Crippen molar-refractivity contribution in [1.29, 1.82) is 0 Å². The van der Waals surface area contributed by atoms with Crippen molar-refractivity contribution < 1.29 is 4.79 Å². The van der Waals surface area contributed by atoms with E-state index >= 15 is 0 Å². The first-order chi connectivity index (χ1) is 10.4. The van der Waals surface area contributed by atoms with Crippen LogP contribution in [0.4, 0.5) is 0 Å². The summed E-state index contributed by atoms with van der Waals surface area (Å²) in [6, 6.07) is 7.17. The van der Waals surface area contributed by atoms with Crippen molar-refractivity contribution >= 4 is 92.7 Å². The lowest BCUT2D eigenvalue weighted by Gasteiger charge is -2.12.